The van der Waals surface area contributed by atoms with Crippen molar-refractivity contribution < 1.29 is 24.1 Å². The Morgan fingerprint density at radius 3 is 2.61 bits per heavy atom. The Morgan fingerprint density at radius 1 is 1.11 bits per heavy atom. The number of aliphatic hydroxyl groups excluding tert-OH is 1. The Kier molecular flexibility index (Phi) is 13.8. The molecule has 0 bridgehead atoms. The average molecular weight is 264 g/mol. The fraction of sp³-hybridized carbons (Fsp3) is 0.909. The van der Waals surface area contributed by atoms with Gasteiger partial charge in [0.15, 0.2) is 6.79 Å². The van der Waals surface area contributed by atoms with Gasteiger partial charge in [-0.25, -0.2) is 0 Å². The minimum atomic E-state index is -0.0443. The zero-order chi connectivity index (χ0) is 13.5. The summed E-state index contributed by atoms with van der Waals surface area (Å²) >= 11 is 0. The lowest BCUT2D eigenvalue weighted by molar-refractivity contribution is -0.136. The van der Waals surface area contributed by atoms with Gasteiger partial charge in [-0.2, -0.15) is 0 Å². The molecule has 0 saturated carbocycles. The first-order chi connectivity index (χ1) is 8.81. The van der Waals surface area contributed by atoms with Gasteiger partial charge in [-0.3, -0.25) is 4.79 Å². The first kappa shape index (κ1) is 17.3. The molecule has 0 aliphatic rings. The van der Waals surface area contributed by atoms with Gasteiger partial charge in [0.2, 0.25) is 5.91 Å². The molecule has 0 unspecified atom stereocenters. The maximum absolute atomic E-state index is 11.3. The summed E-state index contributed by atoms with van der Waals surface area (Å²) in [4.78, 5) is 11.3. The third-order valence-electron chi connectivity index (χ3n) is 2.08. The summed E-state index contributed by atoms with van der Waals surface area (Å²) in [5.41, 5.74) is 5.08. The molecular formula is C11H24N2O5. The van der Waals surface area contributed by atoms with Gasteiger partial charge in [0, 0.05) is 13.2 Å². The molecule has 108 valence electrons. The van der Waals surface area contributed by atoms with Crippen molar-refractivity contribution in [1.29, 1.82) is 0 Å². The highest BCUT2D eigenvalue weighted by Crippen LogP contribution is 1.92. The molecule has 0 aromatic rings. The minimum Gasteiger partial charge on any atom is -0.396 e. The fourth-order valence-electron chi connectivity index (χ4n) is 1.15. The first-order valence-electron chi connectivity index (χ1n) is 6.12. The molecule has 7 heteroatoms. The van der Waals surface area contributed by atoms with Crippen molar-refractivity contribution in [2.75, 3.05) is 40.1 Å². The van der Waals surface area contributed by atoms with E-state index in [0.717, 1.165) is 19.3 Å². The first-order valence-corrected chi connectivity index (χ1v) is 6.12. The standard InChI is InChI=1S/C11H24N2O5/c12-8-17-10-18-9-16-7-4-11(15)13-5-2-1-3-6-14/h14H,1-10,12H2,(H,13,15). The number of carbonyl (C=O) groups excluding carboxylic acids is 1. The summed E-state index contributed by atoms with van der Waals surface area (Å²) in [7, 11) is 0. The van der Waals surface area contributed by atoms with E-state index in [9.17, 15) is 4.79 Å². The zero-order valence-electron chi connectivity index (χ0n) is 10.7. The van der Waals surface area contributed by atoms with Crippen molar-refractivity contribution in [1.82, 2.24) is 5.32 Å². The van der Waals surface area contributed by atoms with E-state index in [1.807, 2.05) is 0 Å². The van der Waals surface area contributed by atoms with E-state index in [4.69, 9.17) is 25.1 Å². The number of ether oxygens (including phenoxy) is 3. The van der Waals surface area contributed by atoms with Crippen molar-refractivity contribution in [3.8, 4) is 0 Å². The minimum absolute atomic E-state index is 0.0443. The number of unbranched alkanes of at least 4 members (excludes halogenated alkanes) is 2. The molecule has 0 aromatic heterocycles. The molecule has 0 aromatic carbocycles. The van der Waals surface area contributed by atoms with Crippen molar-refractivity contribution >= 4 is 5.91 Å². The van der Waals surface area contributed by atoms with Crippen LogP contribution in [0.15, 0.2) is 0 Å². The molecule has 0 rings (SSSR count). The van der Waals surface area contributed by atoms with E-state index in [1.54, 1.807) is 0 Å². The Labute approximate surface area is 108 Å². The van der Waals surface area contributed by atoms with Crippen LogP contribution < -0.4 is 11.1 Å². The molecule has 0 saturated heterocycles. The molecule has 7 nitrogen and oxygen atoms in total. The quantitative estimate of drug-likeness (QED) is 0.307. The summed E-state index contributed by atoms with van der Waals surface area (Å²) in [5.74, 6) is -0.0443. The summed E-state index contributed by atoms with van der Waals surface area (Å²) in [5, 5.41) is 11.3. The molecule has 0 aliphatic carbocycles. The zero-order valence-corrected chi connectivity index (χ0v) is 10.7. The van der Waals surface area contributed by atoms with Crippen LogP contribution in [-0.2, 0) is 19.0 Å². The van der Waals surface area contributed by atoms with Gasteiger partial charge in [-0.15, -0.1) is 0 Å². The SMILES string of the molecule is NCOCOCOCCC(=O)NCCCCCO. The predicted octanol–water partition coefficient (Wildman–Crippen LogP) is -0.464. The van der Waals surface area contributed by atoms with E-state index in [-0.39, 0.29) is 32.8 Å². The van der Waals surface area contributed by atoms with E-state index in [2.05, 4.69) is 5.32 Å². The summed E-state index contributed by atoms with van der Waals surface area (Å²) < 4.78 is 14.7. The summed E-state index contributed by atoms with van der Waals surface area (Å²) in [6, 6.07) is 0. The third-order valence-corrected chi connectivity index (χ3v) is 2.08. The van der Waals surface area contributed by atoms with Crippen molar-refractivity contribution in [2.45, 2.75) is 25.7 Å². The molecule has 0 fully saturated rings. The molecule has 0 heterocycles. The fourth-order valence-corrected chi connectivity index (χ4v) is 1.15. The van der Waals surface area contributed by atoms with Gasteiger partial charge in [0.05, 0.1) is 19.8 Å². The van der Waals surface area contributed by atoms with Crippen LogP contribution in [0, 0.1) is 0 Å². The van der Waals surface area contributed by atoms with Gasteiger partial charge in [0.1, 0.15) is 6.79 Å². The largest absolute Gasteiger partial charge is 0.396 e. The lowest BCUT2D eigenvalue weighted by Crippen LogP contribution is -2.25. The van der Waals surface area contributed by atoms with Gasteiger partial charge in [-0.1, -0.05) is 0 Å². The number of hydrogen-bond acceptors (Lipinski definition) is 6. The van der Waals surface area contributed by atoms with E-state index in [1.165, 1.54) is 0 Å². The van der Waals surface area contributed by atoms with Crippen molar-refractivity contribution in [3.63, 3.8) is 0 Å². The van der Waals surface area contributed by atoms with Crippen LogP contribution in [0.5, 0.6) is 0 Å². The number of nitrogens with two attached hydrogens (primary N) is 1. The maximum Gasteiger partial charge on any atom is 0.222 e. The Balaban J connectivity index is 3.12. The van der Waals surface area contributed by atoms with Gasteiger partial charge < -0.3 is 30.4 Å². The van der Waals surface area contributed by atoms with Gasteiger partial charge in [0.25, 0.3) is 0 Å². The van der Waals surface area contributed by atoms with Crippen molar-refractivity contribution in [2.24, 2.45) is 5.73 Å². The Hall–Kier alpha value is -0.730. The second kappa shape index (κ2) is 14.3. The summed E-state index contributed by atoms with van der Waals surface area (Å²) in [6.45, 7) is 1.44. The lowest BCUT2D eigenvalue weighted by atomic mass is 10.2. The number of hydrogen-bond donors (Lipinski definition) is 3. The highest BCUT2D eigenvalue weighted by atomic mass is 16.7. The predicted molar refractivity (Wildman–Crippen MR) is 65.5 cm³/mol. The third kappa shape index (κ3) is 13.3. The average Bonchev–Trinajstić information content (AvgIpc) is 2.37. The normalized spacial score (nSPS) is 10.6. The molecule has 1 amide bonds. The molecule has 0 radical (unpaired) electrons. The smallest absolute Gasteiger partial charge is 0.222 e. The number of nitrogens with one attached hydrogen (secondary N) is 1. The van der Waals surface area contributed by atoms with Crippen LogP contribution >= 0.6 is 0 Å². The van der Waals surface area contributed by atoms with Crippen LogP contribution in [0.25, 0.3) is 0 Å². The van der Waals surface area contributed by atoms with Crippen LogP contribution in [0.1, 0.15) is 25.7 Å². The Morgan fingerprint density at radius 2 is 1.89 bits per heavy atom. The second-order valence-electron chi connectivity index (χ2n) is 3.60. The van der Waals surface area contributed by atoms with Gasteiger partial charge >= 0.3 is 0 Å². The topological polar surface area (TPSA) is 103 Å². The van der Waals surface area contributed by atoms with E-state index < -0.39 is 0 Å². The van der Waals surface area contributed by atoms with Crippen LogP contribution in [-0.4, -0.2) is 51.1 Å². The number of rotatable bonds is 13. The maximum atomic E-state index is 11.3. The molecule has 18 heavy (non-hydrogen) atoms. The van der Waals surface area contributed by atoms with Crippen LogP contribution in [0.4, 0.5) is 0 Å². The second-order valence-corrected chi connectivity index (χ2v) is 3.60. The Bertz CT molecular complexity index is 192. The molecule has 0 aliphatic heterocycles. The monoisotopic (exact) mass is 264 g/mol. The van der Waals surface area contributed by atoms with Crippen LogP contribution in [0.2, 0.25) is 0 Å². The number of amides is 1. The lowest BCUT2D eigenvalue weighted by Gasteiger charge is -2.06. The number of carbonyl (C=O) groups is 1. The molecule has 0 spiro atoms. The van der Waals surface area contributed by atoms with E-state index in [0.29, 0.717) is 19.6 Å². The highest BCUT2D eigenvalue weighted by Gasteiger charge is 2.00. The molecular weight excluding hydrogens is 240 g/mol. The summed E-state index contributed by atoms with van der Waals surface area (Å²) in [6.07, 6.45) is 2.89. The highest BCUT2D eigenvalue weighted by molar-refractivity contribution is 5.75. The van der Waals surface area contributed by atoms with E-state index >= 15 is 0 Å². The molecule has 4 N–H and O–H groups in total. The van der Waals surface area contributed by atoms with Crippen LogP contribution in [0.3, 0.4) is 0 Å². The number of aliphatic hydroxyl groups is 1. The molecule has 0 atom stereocenters. The van der Waals surface area contributed by atoms with Crippen molar-refractivity contribution in [3.05, 3.63) is 0 Å². The van der Waals surface area contributed by atoms with Gasteiger partial charge in [-0.05, 0) is 19.3 Å².